The molecule has 0 atom stereocenters. The summed E-state index contributed by atoms with van der Waals surface area (Å²) in [6, 6.07) is 9.40. The number of benzene rings is 1. The van der Waals surface area contributed by atoms with Crippen LogP contribution in [0.15, 0.2) is 42.6 Å². The summed E-state index contributed by atoms with van der Waals surface area (Å²) in [4.78, 5) is 16.5. The molecule has 1 aromatic carbocycles. The van der Waals surface area contributed by atoms with Crippen molar-refractivity contribution in [3.05, 3.63) is 70.9 Å². The number of hydrogen-bond donors (Lipinski definition) is 1. The van der Waals surface area contributed by atoms with E-state index in [-0.39, 0.29) is 24.7 Å². The molecule has 140 valence electrons. The lowest BCUT2D eigenvalue weighted by Crippen LogP contribution is -2.25. The molecular weight excluding hydrogens is 347 g/mol. The first-order valence-electron chi connectivity index (χ1n) is 8.57. The molecule has 6 nitrogen and oxygen atoms in total. The second kappa shape index (κ2) is 7.99. The van der Waals surface area contributed by atoms with Gasteiger partial charge in [-0.25, -0.2) is 9.37 Å². The van der Waals surface area contributed by atoms with Gasteiger partial charge in [-0.2, -0.15) is 5.10 Å². The van der Waals surface area contributed by atoms with Gasteiger partial charge in [0.1, 0.15) is 11.6 Å². The van der Waals surface area contributed by atoms with Crippen molar-refractivity contribution in [1.29, 1.82) is 0 Å². The van der Waals surface area contributed by atoms with E-state index in [9.17, 15) is 9.18 Å². The van der Waals surface area contributed by atoms with E-state index < -0.39 is 0 Å². The summed E-state index contributed by atoms with van der Waals surface area (Å²) in [5.41, 5.74) is 3.45. The predicted octanol–water partition coefficient (Wildman–Crippen LogP) is 3.22. The minimum Gasteiger partial charge on any atom is -0.439 e. The molecule has 0 aliphatic heterocycles. The molecule has 7 heteroatoms. The van der Waals surface area contributed by atoms with Gasteiger partial charge in [0.25, 0.3) is 0 Å². The number of halogens is 1. The minimum absolute atomic E-state index is 0.116. The molecular formula is C20H21FN4O2. The van der Waals surface area contributed by atoms with Crippen LogP contribution in [0.25, 0.3) is 0 Å². The van der Waals surface area contributed by atoms with E-state index >= 15 is 0 Å². The lowest BCUT2D eigenvalue weighted by molar-refractivity contribution is -0.120. The Bertz CT molecular complexity index is 968. The fourth-order valence-corrected chi connectivity index (χ4v) is 2.78. The number of aromatic nitrogens is 3. The normalized spacial score (nSPS) is 10.7. The number of pyridine rings is 1. The molecule has 0 radical (unpaired) electrons. The van der Waals surface area contributed by atoms with Gasteiger partial charge in [0.2, 0.25) is 11.8 Å². The SMILES string of the molecule is Cc1nn(C)c(C)c1CC(=O)NCc1cccnc1Oc1cccc(F)c1. The van der Waals surface area contributed by atoms with Crippen LogP contribution in [0.3, 0.4) is 0 Å². The molecule has 1 amide bonds. The van der Waals surface area contributed by atoms with E-state index in [1.807, 2.05) is 27.0 Å². The Morgan fingerprint density at radius 2 is 2.07 bits per heavy atom. The second-order valence-electron chi connectivity index (χ2n) is 6.25. The number of nitrogens with zero attached hydrogens (tertiary/aromatic N) is 3. The monoisotopic (exact) mass is 368 g/mol. The quantitative estimate of drug-likeness (QED) is 0.725. The third-order valence-electron chi connectivity index (χ3n) is 4.33. The highest BCUT2D eigenvalue weighted by Gasteiger charge is 2.14. The molecule has 1 N–H and O–H groups in total. The minimum atomic E-state index is -0.388. The van der Waals surface area contributed by atoms with Crippen LogP contribution in [0.1, 0.15) is 22.5 Å². The summed E-state index contributed by atoms with van der Waals surface area (Å²) in [5, 5.41) is 7.20. The van der Waals surface area contributed by atoms with Gasteiger partial charge in [-0.05, 0) is 32.0 Å². The van der Waals surface area contributed by atoms with Crippen molar-refractivity contribution in [2.45, 2.75) is 26.8 Å². The Hall–Kier alpha value is -3.22. The highest BCUT2D eigenvalue weighted by molar-refractivity contribution is 5.79. The third kappa shape index (κ3) is 4.49. The van der Waals surface area contributed by atoms with Crippen LogP contribution in [-0.2, 0) is 24.8 Å². The number of nitrogens with one attached hydrogen (secondary N) is 1. The van der Waals surface area contributed by atoms with Crippen molar-refractivity contribution >= 4 is 5.91 Å². The van der Waals surface area contributed by atoms with E-state index in [4.69, 9.17) is 4.74 Å². The Balaban J connectivity index is 1.66. The van der Waals surface area contributed by atoms with Gasteiger partial charge in [-0.15, -0.1) is 0 Å². The summed E-state index contributed by atoms with van der Waals surface area (Å²) >= 11 is 0. The van der Waals surface area contributed by atoms with Gasteiger partial charge in [0.05, 0.1) is 12.1 Å². The van der Waals surface area contributed by atoms with E-state index in [1.165, 1.54) is 12.1 Å². The first kappa shape index (κ1) is 18.6. The molecule has 0 spiro atoms. The number of ether oxygens (including phenoxy) is 1. The maximum Gasteiger partial charge on any atom is 0.224 e. The summed E-state index contributed by atoms with van der Waals surface area (Å²) in [7, 11) is 1.86. The molecule has 0 bridgehead atoms. The van der Waals surface area contributed by atoms with Crippen molar-refractivity contribution in [2.24, 2.45) is 7.05 Å². The zero-order valence-corrected chi connectivity index (χ0v) is 15.5. The zero-order chi connectivity index (χ0) is 19.4. The van der Waals surface area contributed by atoms with Crippen molar-refractivity contribution < 1.29 is 13.9 Å². The highest BCUT2D eigenvalue weighted by atomic mass is 19.1. The smallest absolute Gasteiger partial charge is 0.224 e. The van der Waals surface area contributed by atoms with Crippen LogP contribution in [0.2, 0.25) is 0 Å². The molecule has 27 heavy (non-hydrogen) atoms. The molecule has 3 aromatic rings. The Morgan fingerprint density at radius 3 is 2.78 bits per heavy atom. The summed E-state index contributed by atoms with van der Waals surface area (Å²) < 4.78 is 20.8. The van der Waals surface area contributed by atoms with E-state index in [2.05, 4.69) is 15.4 Å². The molecule has 0 aliphatic rings. The van der Waals surface area contributed by atoms with Gasteiger partial charge in [0, 0.05) is 42.7 Å². The predicted molar refractivity (Wildman–Crippen MR) is 98.9 cm³/mol. The second-order valence-corrected chi connectivity index (χ2v) is 6.25. The average molecular weight is 368 g/mol. The maximum atomic E-state index is 13.3. The Morgan fingerprint density at radius 1 is 1.26 bits per heavy atom. The fourth-order valence-electron chi connectivity index (χ4n) is 2.78. The van der Waals surface area contributed by atoms with Crippen LogP contribution < -0.4 is 10.1 Å². The van der Waals surface area contributed by atoms with Gasteiger partial charge in [-0.3, -0.25) is 9.48 Å². The van der Waals surface area contributed by atoms with Gasteiger partial charge in [0.15, 0.2) is 0 Å². The first-order valence-corrected chi connectivity index (χ1v) is 8.57. The summed E-state index contributed by atoms with van der Waals surface area (Å²) in [6.45, 7) is 4.09. The van der Waals surface area contributed by atoms with Gasteiger partial charge >= 0.3 is 0 Å². The van der Waals surface area contributed by atoms with Crippen LogP contribution in [0, 0.1) is 19.7 Å². The number of aryl methyl sites for hydroxylation is 2. The van der Waals surface area contributed by atoms with Crippen LogP contribution >= 0.6 is 0 Å². The van der Waals surface area contributed by atoms with Crippen molar-refractivity contribution in [2.75, 3.05) is 0 Å². The number of carbonyl (C=O) groups excluding carboxylic acids is 1. The molecule has 2 heterocycles. The lowest BCUT2D eigenvalue weighted by atomic mass is 10.1. The maximum absolute atomic E-state index is 13.3. The number of carbonyl (C=O) groups is 1. The highest BCUT2D eigenvalue weighted by Crippen LogP contribution is 2.23. The third-order valence-corrected chi connectivity index (χ3v) is 4.33. The number of amides is 1. The molecule has 0 aliphatic carbocycles. The van der Waals surface area contributed by atoms with Crippen LogP contribution in [-0.4, -0.2) is 20.7 Å². The number of hydrogen-bond acceptors (Lipinski definition) is 4. The molecule has 0 fully saturated rings. The van der Waals surface area contributed by atoms with Crippen LogP contribution in [0.4, 0.5) is 4.39 Å². The van der Waals surface area contributed by atoms with Crippen molar-refractivity contribution in [3.8, 4) is 11.6 Å². The molecule has 3 rings (SSSR count). The average Bonchev–Trinajstić information content (AvgIpc) is 2.87. The largest absolute Gasteiger partial charge is 0.439 e. The zero-order valence-electron chi connectivity index (χ0n) is 15.5. The lowest BCUT2D eigenvalue weighted by Gasteiger charge is -2.11. The Kier molecular flexibility index (Phi) is 5.49. The topological polar surface area (TPSA) is 69.0 Å². The van der Waals surface area contributed by atoms with E-state index in [1.54, 1.807) is 29.1 Å². The summed E-state index contributed by atoms with van der Waals surface area (Å²) in [6.07, 6.45) is 1.84. The van der Waals surface area contributed by atoms with Crippen molar-refractivity contribution in [3.63, 3.8) is 0 Å². The first-order chi connectivity index (χ1) is 12.9. The summed E-state index contributed by atoms with van der Waals surface area (Å²) in [5.74, 6) is 0.176. The van der Waals surface area contributed by atoms with Gasteiger partial charge < -0.3 is 10.1 Å². The van der Waals surface area contributed by atoms with Crippen LogP contribution in [0.5, 0.6) is 11.6 Å². The van der Waals surface area contributed by atoms with E-state index in [0.29, 0.717) is 17.2 Å². The van der Waals surface area contributed by atoms with Crippen molar-refractivity contribution in [1.82, 2.24) is 20.1 Å². The molecule has 0 saturated heterocycles. The Labute approximate surface area is 157 Å². The standard InChI is InChI=1S/C20H21FN4O2/c1-13-18(14(2)25(3)24-13)11-19(26)23-12-15-6-5-9-22-20(15)27-17-8-4-7-16(21)10-17/h4-10H,11-12H2,1-3H3,(H,23,26). The van der Waals surface area contributed by atoms with E-state index in [0.717, 1.165) is 17.0 Å². The molecule has 0 saturated carbocycles. The van der Waals surface area contributed by atoms with Gasteiger partial charge in [-0.1, -0.05) is 12.1 Å². The number of rotatable bonds is 6. The fraction of sp³-hybridized carbons (Fsp3) is 0.250. The molecule has 0 unspecified atom stereocenters. The molecule has 2 aromatic heterocycles.